The summed E-state index contributed by atoms with van der Waals surface area (Å²) in [5.74, 6) is -1.26. The summed E-state index contributed by atoms with van der Waals surface area (Å²) < 4.78 is 51.8. The van der Waals surface area contributed by atoms with E-state index in [4.69, 9.17) is 9.47 Å². The summed E-state index contributed by atoms with van der Waals surface area (Å²) >= 11 is 0. The van der Waals surface area contributed by atoms with Crippen molar-refractivity contribution >= 4 is 15.9 Å². The van der Waals surface area contributed by atoms with E-state index in [0.717, 1.165) is 12.1 Å². The maximum Gasteiger partial charge on any atom is 0.257 e. The lowest BCUT2D eigenvalue weighted by atomic mass is 10.1. The van der Waals surface area contributed by atoms with Crippen LogP contribution in [-0.2, 0) is 19.5 Å². The Labute approximate surface area is 152 Å². The van der Waals surface area contributed by atoms with Crippen LogP contribution >= 0.6 is 0 Å². The van der Waals surface area contributed by atoms with E-state index in [1.54, 1.807) is 0 Å². The molecule has 1 aromatic carbocycles. The third-order valence-corrected chi connectivity index (χ3v) is 6.54. The summed E-state index contributed by atoms with van der Waals surface area (Å²) in [7, 11) is -3.80. The lowest BCUT2D eigenvalue weighted by Crippen LogP contribution is -2.50. The second kappa shape index (κ2) is 7.59. The van der Waals surface area contributed by atoms with Gasteiger partial charge in [0.1, 0.15) is 5.82 Å². The van der Waals surface area contributed by atoms with Gasteiger partial charge in [0.25, 0.3) is 5.91 Å². The molecule has 144 valence electrons. The summed E-state index contributed by atoms with van der Waals surface area (Å²) in [4.78, 5) is 14.3. The third-order valence-electron chi connectivity index (χ3n) is 4.64. The number of amides is 1. The maximum absolute atomic E-state index is 14.3. The molecule has 2 fully saturated rings. The molecule has 2 heterocycles. The van der Waals surface area contributed by atoms with Gasteiger partial charge >= 0.3 is 0 Å². The lowest BCUT2D eigenvalue weighted by Gasteiger charge is -2.37. The van der Waals surface area contributed by atoms with E-state index in [0.29, 0.717) is 26.4 Å². The van der Waals surface area contributed by atoms with Gasteiger partial charge in [-0.1, -0.05) is 0 Å². The Balaban J connectivity index is 1.91. The summed E-state index contributed by atoms with van der Waals surface area (Å²) in [5.41, 5.74) is -0.236. The van der Waals surface area contributed by atoms with E-state index >= 15 is 0 Å². The molecule has 2 aliphatic rings. The highest BCUT2D eigenvalue weighted by Crippen LogP contribution is 2.23. The predicted molar refractivity (Wildman–Crippen MR) is 91.9 cm³/mol. The van der Waals surface area contributed by atoms with Crippen molar-refractivity contribution in [2.24, 2.45) is 0 Å². The molecular weight excluding hydrogens is 363 g/mol. The van der Waals surface area contributed by atoms with Gasteiger partial charge in [-0.3, -0.25) is 4.79 Å². The standard InChI is InChI=1S/C17H23FN2O5S/c1-12-11-25-13(2)10-20(12)17(21)15-9-14(3-4-16(15)18)26(22,23)19-5-7-24-8-6-19/h3-4,9,12-13H,5-8,10-11H2,1-2H3. The van der Waals surface area contributed by atoms with Crippen molar-refractivity contribution in [1.29, 1.82) is 0 Å². The molecular formula is C17H23FN2O5S. The molecule has 9 heteroatoms. The highest BCUT2D eigenvalue weighted by Gasteiger charge is 2.32. The normalized spacial score (nSPS) is 25.3. The van der Waals surface area contributed by atoms with Crippen molar-refractivity contribution in [1.82, 2.24) is 9.21 Å². The SMILES string of the molecule is CC1CN(C(=O)c2cc(S(=O)(=O)N3CCOCC3)ccc2F)C(C)CO1. The molecule has 2 atom stereocenters. The first kappa shape index (κ1) is 19.2. The second-order valence-corrected chi connectivity index (χ2v) is 8.55. The van der Waals surface area contributed by atoms with Crippen LogP contribution in [0.1, 0.15) is 24.2 Å². The van der Waals surface area contributed by atoms with Crippen LogP contribution in [0.3, 0.4) is 0 Å². The monoisotopic (exact) mass is 386 g/mol. The topological polar surface area (TPSA) is 76.2 Å². The number of carbonyl (C=O) groups is 1. The third kappa shape index (κ3) is 3.75. The summed E-state index contributed by atoms with van der Waals surface area (Å²) in [6, 6.07) is 3.16. The maximum atomic E-state index is 14.3. The smallest absolute Gasteiger partial charge is 0.257 e. The van der Waals surface area contributed by atoms with Crippen molar-refractivity contribution in [3.05, 3.63) is 29.6 Å². The minimum absolute atomic E-state index is 0.0851. The fourth-order valence-corrected chi connectivity index (χ4v) is 4.54. The highest BCUT2D eigenvalue weighted by molar-refractivity contribution is 7.89. The fraction of sp³-hybridized carbons (Fsp3) is 0.588. The average Bonchev–Trinajstić information content (AvgIpc) is 2.64. The zero-order valence-corrected chi connectivity index (χ0v) is 15.7. The number of morpholine rings is 2. The summed E-state index contributed by atoms with van der Waals surface area (Å²) in [5, 5.41) is 0. The van der Waals surface area contributed by atoms with E-state index in [1.807, 2.05) is 13.8 Å². The molecule has 1 aromatic rings. The molecule has 2 saturated heterocycles. The first-order chi connectivity index (χ1) is 12.3. The molecule has 26 heavy (non-hydrogen) atoms. The van der Waals surface area contributed by atoms with Crippen LogP contribution in [0.4, 0.5) is 4.39 Å². The Morgan fingerprint density at radius 2 is 1.92 bits per heavy atom. The fourth-order valence-electron chi connectivity index (χ4n) is 3.11. The van der Waals surface area contributed by atoms with E-state index < -0.39 is 21.7 Å². The summed E-state index contributed by atoms with van der Waals surface area (Å²) in [6.45, 7) is 5.45. The van der Waals surface area contributed by atoms with Crippen molar-refractivity contribution in [3.8, 4) is 0 Å². The molecule has 0 aromatic heterocycles. The first-order valence-corrected chi connectivity index (χ1v) is 10.0. The Hall–Kier alpha value is -1.55. The van der Waals surface area contributed by atoms with E-state index in [2.05, 4.69) is 0 Å². The van der Waals surface area contributed by atoms with Gasteiger partial charge in [-0.05, 0) is 32.0 Å². The van der Waals surface area contributed by atoms with Crippen molar-refractivity contribution in [2.45, 2.75) is 30.9 Å². The largest absolute Gasteiger partial charge is 0.379 e. The van der Waals surface area contributed by atoms with E-state index in [-0.39, 0.29) is 35.7 Å². The van der Waals surface area contributed by atoms with Gasteiger partial charge < -0.3 is 14.4 Å². The molecule has 0 aliphatic carbocycles. The quantitative estimate of drug-likeness (QED) is 0.778. The van der Waals surface area contributed by atoms with Crippen LogP contribution in [0, 0.1) is 5.82 Å². The molecule has 0 N–H and O–H groups in total. The second-order valence-electron chi connectivity index (χ2n) is 6.61. The van der Waals surface area contributed by atoms with Gasteiger partial charge in [-0.2, -0.15) is 4.31 Å². The zero-order valence-electron chi connectivity index (χ0n) is 14.9. The van der Waals surface area contributed by atoms with Crippen LogP contribution in [0.15, 0.2) is 23.1 Å². The number of rotatable bonds is 3. The van der Waals surface area contributed by atoms with Gasteiger partial charge in [0.15, 0.2) is 0 Å². The van der Waals surface area contributed by atoms with Gasteiger partial charge in [0.05, 0.1) is 42.4 Å². The van der Waals surface area contributed by atoms with Crippen LogP contribution in [0.2, 0.25) is 0 Å². The summed E-state index contributed by atoms with van der Waals surface area (Å²) in [6.07, 6.45) is -0.154. The van der Waals surface area contributed by atoms with Crippen LogP contribution in [0.5, 0.6) is 0 Å². The molecule has 0 radical (unpaired) electrons. The highest BCUT2D eigenvalue weighted by atomic mass is 32.2. The lowest BCUT2D eigenvalue weighted by molar-refractivity contribution is -0.0388. The van der Waals surface area contributed by atoms with Gasteiger partial charge in [-0.25, -0.2) is 12.8 Å². The molecule has 0 spiro atoms. The van der Waals surface area contributed by atoms with E-state index in [1.165, 1.54) is 15.3 Å². The molecule has 0 bridgehead atoms. The molecule has 2 aliphatic heterocycles. The van der Waals surface area contributed by atoms with Crippen LogP contribution < -0.4 is 0 Å². The molecule has 0 saturated carbocycles. The Morgan fingerprint density at radius 1 is 1.23 bits per heavy atom. The number of nitrogens with zero attached hydrogens (tertiary/aromatic N) is 2. The molecule has 3 rings (SSSR count). The van der Waals surface area contributed by atoms with Crippen molar-refractivity contribution < 1.29 is 27.1 Å². The number of benzene rings is 1. The Bertz CT molecular complexity index is 779. The number of halogens is 1. The average molecular weight is 386 g/mol. The molecule has 7 nitrogen and oxygen atoms in total. The zero-order chi connectivity index (χ0) is 18.9. The number of hydrogen-bond donors (Lipinski definition) is 0. The number of ether oxygens (including phenoxy) is 2. The van der Waals surface area contributed by atoms with E-state index in [9.17, 15) is 17.6 Å². The van der Waals surface area contributed by atoms with Crippen molar-refractivity contribution in [3.63, 3.8) is 0 Å². The minimum Gasteiger partial charge on any atom is -0.379 e. The van der Waals surface area contributed by atoms with Crippen LogP contribution in [0.25, 0.3) is 0 Å². The van der Waals surface area contributed by atoms with Crippen molar-refractivity contribution in [2.75, 3.05) is 39.5 Å². The minimum atomic E-state index is -3.80. The van der Waals surface area contributed by atoms with Gasteiger partial charge in [0, 0.05) is 19.6 Å². The van der Waals surface area contributed by atoms with Gasteiger partial charge in [-0.15, -0.1) is 0 Å². The predicted octanol–water partition coefficient (Wildman–Crippen LogP) is 1.10. The number of sulfonamides is 1. The van der Waals surface area contributed by atoms with Gasteiger partial charge in [0.2, 0.25) is 10.0 Å². The molecule has 1 amide bonds. The Morgan fingerprint density at radius 3 is 2.62 bits per heavy atom. The first-order valence-electron chi connectivity index (χ1n) is 8.60. The Kier molecular flexibility index (Phi) is 5.61. The number of carbonyl (C=O) groups excluding carboxylic acids is 1. The van der Waals surface area contributed by atoms with Crippen LogP contribution in [-0.4, -0.2) is 75.1 Å². The number of hydrogen-bond acceptors (Lipinski definition) is 5. The molecule has 2 unspecified atom stereocenters.